The Morgan fingerprint density at radius 3 is 2.55 bits per heavy atom. The molecule has 1 fully saturated rings. The first kappa shape index (κ1) is 28.1. The van der Waals surface area contributed by atoms with E-state index < -0.39 is 11.9 Å². The topological polar surface area (TPSA) is 116 Å². The number of aromatic nitrogens is 5. The molecule has 2 aromatic carbocycles. The molecule has 1 unspecified atom stereocenters. The van der Waals surface area contributed by atoms with Crippen molar-refractivity contribution in [3.63, 3.8) is 0 Å². The van der Waals surface area contributed by atoms with Crippen LogP contribution in [0.2, 0.25) is 15.2 Å². The highest BCUT2D eigenvalue weighted by Gasteiger charge is 2.23. The van der Waals surface area contributed by atoms with Gasteiger partial charge in [0.05, 0.1) is 45.1 Å². The molecule has 3 aromatic heterocycles. The number of nitrogens with one attached hydrogen (secondary N) is 3. The van der Waals surface area contributed by atoms with E-state index >= 15 is 0 Å². The molecule has 1 aliphatic heterocycles. The van der Waals surface area contributed by atoms with Gasteiger partial charge in [-0.05, 0) is 67.9 Å². The quantitative estimate of drug-likeness (QED) is 0.165. The number of pyridine rings is 2. The molecule has 3 N–H and O–H groups in total. The zero-order valence-corrected chi connectivity index (χ0v) is 24.2. The Morgan fingerprint density at radius 1 is 1.00 bits per heavy atom. The van der Waals surface area contributed by atoms with E-state index in [0.717, 1.165) is 31.5 Å². The second-order valence-corrected chi connectivity index (χ2v) is 11.1. The van der Waals surface area contributed by atoms with Crippen LogP contribution in [-0.4, -0.2) is 38.1 Å². The van der Waals surface area contributed by atoms with Crippen LogP contribution in [0.25, 0.3) is 10.9 Å². The molecule has 5 aromatic rings. The molecule has 0 amide bonds. The van der Waals surface area contributed by atoms with Crippen molar-refractivity contribution >= 4 is 62.8 Å². The third-order valence-electron chi connectivity index (χ3n) is 7.14. The van der Waals surface area contributed by atoms with E-state index in [1.807, 2.05) is 23.0 Å². The van der Waals surface area contributed by atoms with Gasteiger partial charge in [0, 0.05) is 29.2 Å². The third-order valence-corrected chi connectivity index (χ3v) is 7.94. The highest BCUT2D eigenvalue weighted by molar-refractivity contribution is 6.36. The van der Waals surface area contributed by atoms with Gasteiger partial charge in [-0.2, -0.15) is 5.26 Å². The fourth-order valence-electron chi connectivity index (χ4n) is 5.01. The van der Waals surface area contributed by atoms with Crippen LogP contribution in [-0.2, 0) is 0 Å². The first-order valence-electron chi connectivity index (χ1n) is 13.1. The second kappa shape index (κ2) is 12.1. The lowest BCUT2D eigenvalue weighted by Gasteiger charge is -2.22. The zero-order chi connectivity index (χ0) is 29.2. The summed E-state index contributed by atoms with van der Waals surface area (Å²) in [4.78, 5) is 8.69. The molecule has 4 heterocycles. The number of hydrogen-bond acceptors (Lipinski definition) is 8. The van der Waals surface area contributed by atoms with Crippen LogP contribution in [0.4, 0.5) is 21.5 Å². The van der Waals surface area contributed by atoms with Crippen molar-refractivity contribution in [2.75, 3.05) is 23.7 Å². The number of nitriles is 1. The van der Waals surface area contributed by atoms with Crippen molar-refractivity contribution in [1.29, 1.82) is 5.26 Å². The van der Waals surface area contributed by atoms with Crippen LogP contribution in [0, 0.1) is 17.1 Å². The van der Waals surface area contributed by atoms with Crippen molar-refractivity contribution in [2.45, 2.75) is 24.9 Å². The maximum atomic E-state index is 13.8. The summed E-state index contributed by atoms with van der Waals surface area (Å²) in [6, 6.07) is 13.4. The van der Waals surface area contributed by atoms with E-state index in [1.54, 1.807) is 18.3 Å². The average Bonchev–Trinajstić information content (AvgIpc) is 3.49. The molecular formula is C29H23Cl3FN9. The lowest BCUT2D eigenvalue weighted by Crippen LogP contribution is -2.29. The lowest BCUT2D eigenvalue weighted by atomic mass is 10.0. The first-order valence-corrected chi connectivity index (χ1v) is 14.3. The number of nitrogens with zero attached hydrogens (tertiary/aromatic N) is 6. The molecule has 1 aliphatic rings. The summed E-state index contributed by atoms with van der Waals surface area (Å²) in [6.07, 6.45) is 7.01. The summed E-state index contributed by atoms with van der Waals surface area (Å²) in [7, 11) is 0. The number of rotatable bonds is 7. The number of fused-ring (bicyclic) bond motifs is 1. The molecule has 0 radical (unpaired) electrons. The fraction of sp³-hybridized carbons (Fsp3) is 0.207. The Morgan fingerprint density at radius 2 is 1.81 bits per heavy atom. The molecule has 13 heteroatoms. The van der Waals surface area contributed by atoms with Crippen molar-refractivity contribution in [3.8, 4) is 6.07 Å². The largest absolute Gasteiger partial charge is 0.373 e. The molecule has 0 saturated carbocycles. The van der Waals surface area contributed by atoms with Crippen LogP contribution >= 0.6 is 34.8 Å². The Hall–Kier alpha value is -4.01. The summed E-state index contributed by atoms with van der Waals surface area (Å²) in [5, 5.41) is 30.2. The number of benzene rings is 2. The molecule has 0 spiro atoms. The Kier molecular flexibility index (Phi) is 8.09. The molecule has 9 nitrogen and oxygen atoms in total. The van der Waals surface area contributed by atoms with Gasteiger partial charge in [0.15, 0.2) is 0 Å². The molecule has 42 heavy (non-hydrogen) atoms. The van der Waals surface area contributed by atoms with Crippen molar-refractivity contribution in [1.82, 2.24) is 30.3 Å². The molecule has 212 valence electrons. The first-order chi connectivity index (χ1) is 20.4. The zero-order valence-electron chi connectivity index (χ0n) is 22.0. The number of anilines is 3. The summed E-state index contributed by atoms with van der Waals surface area (Å²) in [5.74, 6) is -0.545. The Balaban J connectivity index is 1.41. The van der Waals surface area contributed by atoms with Crippen LogP contribution in [0.5, 0.6) is 0 Å². The maximum absolute atomic E-state index is 13.8. The monoisotopic (exact) mass is 621 g/mol. The summed E-state index contributed by atoms with van der Waals surface area (Å²) >= 11 is 18.8. The van der Waals surface area contributed by atoms with Crippen LogP contribution < -0.4 is 16.0 Å². The number of halogens is 4. The fourth-order valence-corrected chi connectivity index (χ4v) is 5.57. The van der Waals surface area contributed by atoms with Gasteiger partial charge in [-0.15, -0.1) is 5.10 Å². The van der Waals surface area contributed by atoms with Gasteiger partial charge in [0.2, 0.25) is 0 Å². The van der Waals surface area contributed by atoms with Crippen molar-refractivity contribution < 1.29 is 4.39 Å². The summed E-state index contributed by atoms with van der Waals surface area (Å²) < 4.78 is 15.7. The van der Waals surface area contributed by atoms with Crippen LogP contribution in [0.15, 0.2) is 61.1 Å². The van der Waals surface area contributed by atoms with Gasteiger partial charge in [0.25, 0.3) is 0 Å². The molecule has 1 saturated heterocycles. The summed E-state index contributed by atoms with van der Waals surface area (Å²) in [6.45, 7) is 1.86. The Bertz CT molecular complexity index is 1800. The van der Waals surface area contributed by atoms with Gasteiger partial charge < -0.3 is 16.0 Å². The van der Waals surface area contributed by atoms with Crippen LogP contribution in [0.1, 0.15) is 41.7 Å². The van der Waals surface area contributed by atoms with E-state index in [4.69, 9.17) is 34.8 Å². The minimum atomic E-state index is -0.545. The third kappa shape index (κ3) is 5.82. The predicted octanol–water partition coefficient (Wildman–Crippen LogP) is 7.06. The van der Waals surface area contributed by atoms with E-state index in [0.29, 0.717) is 43.8 Å². The van der Waals surface area contributed by atoms with E-state index in [1.165, 1.54) is 24.4 Å². The van der Waals surface area contributed by atoms with Crippen molar-refractivity contribution in [3.05, 3.63) is 98.9 Å². The minimum Gasteiger partial charge on any atom is -0.373 e. The SMILES string of the molecule is N#Cc1cnc2c(Cl)cc(NC(c3ccc(Cl)nc3)c3cn(C4CCNCC4)nn3)cc2c1Nc1ccc(F)c(Cl)c1. The highest BCUT2D eigenvalue weighted by Crippen LogP contribution is 2.37. The molecule has 0 aliphatic carbocycles. The van der Waals surface area contributed by atoms with E-state index in [9.17, 15) is 9.65 Å². The Labute approximate surface area is 255 Å². The van der Waals surface area contributed by atoms with Crippen molar-refractivity contribution in [2.24, 2.45) is 0 Å². The minimum absolute atomic E-state index is 0.0470. The number of piperidine rings is 1. The van der Waals surface area contributed by atoms with Gasteiger partial charge >= 0.3 is 0 Å². The highest BCUT2D eigenvalue weighted by atomic mass is 35.5. The smallest absolute Gasteiger partial charge is 0.141 e. The van der Waals surface area contributed by atoms with E-state index in [-0.39, 0.29) is 16.6 Å². The van der Waals surface area contributed by atoms with Gasteiger partial charge in [-0.3, -0.25) is 4.98 Å². The molecular weight excluding hydrogens is 600 g/mol. The normalized spacial score (nSPS) is 14.5. The van der Waals surface area contributed by atoms with Gasteiger partial charge in [-0.25, -0.2) is 14.1 Å². The van der Waals surface area contributed by atoms with Gasteiger partial charge in [-0.1, -0.05) is 46.1 Å². The number of hydrogen-bond donors (Lipinski definition) is 3. The van der Waals surface area contributed by atoms with Gasteiger partial charge in [0.1, 0.15) is 22.7 Å². The predicted molar refractivity (Wildman–Crippen MR) is 162 cm³/mol. The maximum Gasteiger partial charge on any atom is 0.141 e. The lowest BCUT2D eigenvalue weighted by molar-refractivity contribution is 0.337. The average molecular weight is 623 g/mol. The molecule has 6 rings (SSSR count). The van der Waals surface area contributed by atoms with Crippen LogP contribution in [0.3, 0.4) is 0 Å². The summed E-state index contributed by atoms with van der Waals surface area (Å²) in [5.41, 5.74) is 3.86. The molecule has 1 atom stereocenters. The standard InChI is InChI=1S/C29H23Cl3FN9/c30-22-10-18(2-3-24(22)33)38-27-17(12-34)14-37-29-21(27)9-19(11-23(29)31)39-28(16-1-4-26(32)36-13-16)25-15-42(41-40-25)20-5-7-35-8-6-20/h1-4,9-11,13-15,20,28,35,39H,5-8H2,(H,37,38). The molecule has 0 bridgehead atoms. The second-order valence-electron chi connectivity index (χ2n) is 9.86. The van der Waals surface area contributed by atoms with E-state index in [2.05, 4.69) is 42.3 Å².